The number of amides is 1. The minimum absolute atomic E-state index is 0.120. The molecule has 25 heavy (non-hydrogen) atoms. The third-order valence-corrected chi connectivity index (χ3v) is 4.78. The summed E-state index contributed by atoms with van der Waals surface area (Å²) in [4.78, 5) is 13.5. The second kappa shape index (κ2) is 8.68. The molecule has 1 saturated heterocycles. The summed E-state index contributed by atoms with van der Waals surface area (Å²) in [5.74, 6) is 0. The largest absolute Gasteiger partial charge is 0.450 e. The van der Waals surface area contributed by atoms with Gasteiger partial charge in [-0.2, -0.15) is 0 Å². The van der Waals surface area contributed by atoms with E-state index < -0.39 is 6.10 Å². The van der Waals surface area contributed by atoms with E-state index in [1.807, 2.05) is 19.1 Å². The van der Waals surface area contributed by atoms with Gasteiger partial charge >= 0.3 is 6.09 Å². The fourth-order valence-corrected chi connectivity index (χ4v) is 3.08. The SMILES string of the molecule is CCOC(=O)N1CCC(NCC(O)c2ccc(C(C)(C)C)cc2)CC1. The molecule has 1 heterocycles. The predicted molar refractivity (Wildman–Crippen MR) is 99.7 cm³/mol. The van der Waals surface area contributed by atoms with E-state index in [9.17, 15) is 9.90 Å². The van der Waals surface area contributed by atoms with Crippen LogP contribution in [0, 0.1) is 0 Å². The number of piperidine rings is 1. The van der Waals surface area contributed by atoms with E-state index in [4.69, 9.17) is 4.74 Å². The Morgan fingerprint density at radius 3 is 2.40 bits per heavy atom. The summed E-state index contributed by atoms with van der Waals surface area (Å²) in [7, 11) is 0. The molecule has 1 aliphatic rings. The summed E-state index contributed by atoms with van der Waals surface area (Å²) in [5, 5.41) is 13.8. The van der Waals surface area contributed by atoms with Crippen molar-refractivity contribution in [2.75, 3.05) is 26.2 Å². The van der Waals surface area contributed by atoms with Crippen LogP contribution in [0.3, 0.4) is 0 Å². The highest BCUT2D eigenvalue weighted by molar-refractivity contribution is 5.67. The Kier molecular flexibility index (Phi) is 6.85. The van der Waals surface area contributed by atoms with Crippen molar-refractivity contribution in [3.63, 3.8) is 0 Å². The quantitative estimate of drug-likeness (QED) is 0.858. The maximum Gasteiger partial charge on any atom is 0.409 e. The van der Waals surface area contributed by atoms with Gasteiger partial charge in [-0.15, -0.1) is 0 Å². The van der Waals surface area contributed by atoms with Crippen molar-refractivity contribution in [1.82, 2.24) is 10.2 Å². The molecule has 1 aromatic rings. The Balaban J connectivity index is 1.77. The number of hydrogen-bond acceptors (Lipinski definition) is 4. The first-order valence-corrected chi connectivity index (χ1v) is 9.25. The highest BCUT2D eigenvalue weighted by Gasteiger charge is 2.24. The van der Waals surface area contributed by atoms with Crippen LogP contribution in [0.5, 0.6) is 0 Å². The molecule has 0 bridgehead atoms. The van der Waals surface area contributed by atoms with Gasteiger partial charge in [0.15, 0.2) is 0 Å². The molecule has 1 atom stereocenters. The molecule has 5 heteroatoms. The molecular weight excluding hydrogens is 316 g/mol. The molecule has 0 aliphatic carbocycles. The number of ether oxygens (including phenoxy) is 1. The van der Waals surface area contributed by atoms with Crippen LogP contribution in [0.15, 0.2) is 24.3 Å². The maximum absolute atomic E-state index is 11.7. The number of aliphatic hydroxyl groups is 1. The number of carbonyl (C=O) groups is 1. The van der Waals surface area contributed by atoms with E-state index in [0.717, 1.165) is 18.4 Å². The van der Waals surface area contributed by atoms with Crippen molar-refractivity contribution in [3.05, 3.63) is 35.4 Å². The number of aliphatic hydroxyl groups excluding tert-OH is 1. The van der Waals surface area contributed by atoms with Crippen LogP contribution in [-0.2, 0) is 10.2 Å². The minimum atomic E-state index is -0.517. The number of rotatable bonds is 5. The third-order valence-electron chi connectivity index (χ3n) is 4.78. The van der Waals surface area contributed by atoms with Crippen LogP contribution in [0.2, 0.25) is 0 Å². The van der Waals surface area contributed by atoms with E-state index in [2.05, 4.69) is 38.2 Å². The normalized spacial score (nSPS) is 17.4. The van der Waals surface area contributed by atoms with Crippen LogP contribution in [0.4, 0.5) is 4.79 Å². The number of hydrogen-bond donors (Lipinski definition) is 2. The van der Waals surface area contributed by atoms with Crippen molar-refractivity contribution in [3.8, 4) is 0 Å². The average Bonchev–Trinajstić information content (AvgIpc) is 2.59. The lowest BCUT2D eigenvalue weighted by molar-refractivity contribution is 0.0928. The van der Waals surface area contributed by atoms with Gasteiger partial charge in [-0.05, 0) is 36.3 Å². The molecule has 2 rings (SSSR count). The van der Waals surface area contributed by atoms with Gasteiger partial charge in [0.1, 0.15) is 0 Å². The lowest BCUT2D eigenvalue weighted by Gasteiger charge is -2.32. The van der Waals surface area contributed by atoms with Gasteiger partial charge in [-0.25, -0.2) is 4.79 Å². The molecule has 5 nitrogen and oxygen atoms in total. The highest BCUT2D eigenvalue weighted by Crippen LogP contribution is 2.24. The van der Waals surface area contributed by atoms with Gasteiger partial charge < -0.3 is 20.1 Å². The van der Waals surface area contributed by atoms with E-state index >= 15 is 0 Å². The van der Waals surface area contributed by atoms with E-state index in [0.29, 0.717) is 32.3 Å². The molecule has 1 fully saturated rings. The summed E-state index contributed by atoms with van der Waals surface area (Å²) in [6.45, 7) is 10.7. The molecule has 0 spiro atoms. The molecule has 1 amide bonds. The van der Waals surface area contributed by atoms with Gasteiger partial charge in [-0.1, -0.05) is 45.0 Å². The molecule has 140 valence electrons. The van der Waals surface area contributed by atoms with Crippen molar-refractivity contribution in [1.29, 1.82) is 0 Å². The van der Waals surface area contributed by atoms with E-state index in [1.165, 1.54) is 5.56 Å². The molecule has 2 N–H and O–H groups in total. The van der Waals surface area contributed by atoms with Crippen LogP contribution < -0.4 is 5.32 Å². The number of nitrogens with one attached hydrogen (secondary N) is 1. The zero-order chi connectivity index (χ0) is 18.4. The van der Waals surface area contributed by atoms with Gasteiger partial charge in [0.25, 0.3) is 0 Å². The summed E-state index contributed by atoms with van der Waals surface area (Å²) < 4.78 is 5.03. The Hall–Kier alpha value is -1.59. The van der Waals surface area contributed by atoms with Crippen molar-refractivity contribution >= 4 is 6.09 Å². The lowest BCUT2D eigenvalue weighted by Crippen LogP contribution is -2.45. The van der Waals surface area contributed by atoms with Gasteiger partial charge in [0.05, 0.1) is 12.7 Å². The molecule has 1 aromatic carbocycles. The fourth-order valence-electron chi connectivity index (χ4n) is 3.08. The van der Waals surface area contributed by atoms with Crippen molar-refractivity contribution in [2.45, 2.75) is 58.1 Å². The summed E-state index contributed by atoms with van der Waals surface area (Å²) in [6.07, 6.45) is 1.03. The standard InChI is InChI=1S/C20H32N2O3/c1-5-25-19(24)22-12-10-17(11-13-22)21-14-18(23)15-6-8-16(9-7-15)20(2,3)4/h6-9,17-18,21,23H,5,10-14H2,1-4H3. The second-order valence-corrected chi connectivity index (χ2v) is 7.76. The molecule has 0 saturated carbocycles. The third kappa shape index (κ3) is 5.72. The Morgan fingerprint density at radius 2 is 1.88 bits per heavy atom. The number of carbonyl (C=O) groups excluding carboxylic acids is 1. The average molecular weight is 348 g/mol. The van der Waals surface area contributed by atoms with Gasteiger partial charge in [-0.3, -0.25) is 0 Å². The Labute approximate surface area is 151 Å². The number of benzene rings is 1. The second-order valence-electron chi connectivity index (χ2n) is 7.76. The molecular formula is C20H32N2O3. The van der Waals surface area contributed by atoms with E-state index in [1.54, 1.807) is 4.90 Å². The zero-order valence-corrected chi connectivity index (χ0v) is 15.9. The zero-order valence-electron chi connectivity index (χ0n) is 15.9. The highest BCUT2D eigenvalue weighted by atomic mass is 16.6. The fraction of sp³-hybridized carbons (Fsp3) is 0.650. The first kappa shape index (κ1) is 19.7. The van der Waals surface area contributed by atoms with Crippen LogP contribution >= 0.6 is 0 Å². The summed E-state index contributed by atoms with van der Waals surface area (Å²) in [5.41, 5.74) is 2.32. The minimum Gasteiger partial charge on any atom is -0.450 e. The molecule has 1 aliphatic heterocycles. The molecule has 1 unspecified atom stereocenters. The smallest absolute Gasteiger partial charge is 0.409 e. The maximum atomic E-state index is 11.7. The molecule has 0 radical (unpaired) electrons. The van der Waals surface area contributed by atoms with Gasteiger partial charge in [0, 0.05) is 25.7 Å². The van der Waals surface area contributed by atoms with Crippen LogP contribution in [0.25, 0.3) is 0 Å². The summed E-state index contributed by atoms with van der Waals surface area (Å²) >= 11 is 0. The Bertz CT molecular complexity index is 543. The van der Waals surface area contributed by atoms with Crippen molar-refractivity contribution < 1.29 is 14.6 Å². The number of likely N-dealkylation sites (tertiary alicyclic amines) is 1. The van der Waals surface area contributed by atoms with Crippen LogP contribution in [0.1, 0.15) is 57.8 Å². The first-order valence-electron chi connectivity index (χ1n) is 9.25. The van der Waals surface area contributed by atoms with Gasteiger partial charge in [0.2, 0.25) is 0 Å². The van der Waals surface area contributed by atoms with Crippen molar-refractivity contribution in [2.24, 2.45) is 0 Å². The lowest BCUT2D eigenvalue weighted by atomic mass is 9.86. The summed E-state index contributed by atoms with van der Waals surface area (Å²) in [6, 6.07) is 8.54. The topological polar surface area (TPSA) is 61.8 Å². The first-order chi connectivity index (χ1) is 11.8. The van der Waals surface area contributed by atoms with E-state index in [-0.39, 0.29) is 11.5 Å². The monoisotopic (exact) mass is 348 g/mol. The molecule has 0 aromatic heterocycles. The van der Waals surface area contributed by atoms with Crippen LogP contribution in [-0.4, -0.2) is 48.4 Å². The predicted octanol–water partition coefficient (Wildman–Crippen LogP) is 3.23. The Morgan fingerprint density at radius 1 is 1.28 bits per heavy atom. The number of nitrogens with zero attached hydrogens (tertiary/aromatic N) is 1.